The number of rotatable bonds is 2. The summed E-state index contributed by atoms with van der Waals surface area (Å²) >= 11 is 0. The van der Waals surface area contributed by atoms with Crippen LogP contribution in [-0.2, 0) is 11.2 Å². The van der Waals surface area contributed by atoms with Crippen molar-refractivity contribution in [3.05, 3.63) is 29.8 Å². The van der Waals surface area contributed by atoms with E-state index in [-0.39, 0.29) is 6.42 Å². The molecule has 0 bridgehead atoms. The number of para-hydroxylation sites is 1. The normalized spacial score (nSPS) is 17.5. The number of carbonyl (C=O) groups is 2. The first kappa shape index (κ1) is 15.1. The van der Waals surface area contributed by atoms with Crippen LogP contribution in [0, 0.1) is 0 Å². The van der Waals surface area contributed by atoms with Gasteiger partial charge in [-0.25, -0.2) is 9.59 Å². The number of aliphatic carboxylic acids is 1. The SMILES string of the molecule is CN(CC(F)(F)F)C(=O)N1c2ccccc2C[C@H]1C(=O)O. The predicted molar refractivity (Wildman–Crippen MR) is 68.1 cm³/mol. The lowest BCUT2D eigenvalue weighted by Crippen LogP contribution is -2.50. The third-order valence-corrected chi connectivity index (χ3v) is 3.21. The van der Waals surface area contributed by atoms with E-state index in [1.54, 1.807) is 18.2 Å². The molecule has 0 unspecified atom stereocenters. The number of carboxylic acids is 1. The fraction of sp³-hybridized carbons (Fsp3) is 0.385. The van der Waals surface area contributed by atoms with Gasteiger partial charge in [0.25, 0.3) is 0 Å². The lowest BCUT2D eigenvalue weighted by molar-refractivity contribution is -0.138. The number of urea groups is 1. The van der Waals surface area contributed by atoms with Crippen LogP contribution in [0.15, 0.2) is 24.3 Å². The number of hydrogen-bond donors (Lipinski definition) is 1. The number of amides is 2. The molecule has 1 aromatic carbocycles. The topological polar surface area (TPSA) is 60.9 Å². The Hall–Kier alpha value is -2.25. The average Bonchev–Trinajstić information content (AvgIpc) is 2.75. The molecular formula is C13H13F3N2O3. The van der Waals surface area contributed by atoms with E-state index in [0.717, 1.165) is 11.9 Å². The molecule has 1 N–H and O–H groups in total. The summed E-state index contributed by atoms with van der Waals surface area (Å²) in [4.78, 5) is 24.8. The third-order valence-electron chi connectivity index (χ3n) is 3.21. The number of alkyl halides is 3. The van der Waals surface area contributed by atoms with Gasteiger partial charge in [0.15, 0.2) is 0 Å². The van der Waals surface area contributed by atoms with E-state index < -0.39 is 30.8 Å². The predicted octanol–water partition coefficient (Wildman–Crippen LogP) is 2.12. The Kier molecular flexibility index (Phi) is 3.80. The van der Waals surface area contributed by atoms with Crippen LogP contribution < -0.4 is 4.90 Å². The number of fused-ring (bicyclic) bond motifs is 1. The summed E-state index contributed by atoms with van der Waals surface area (Å²) in [6.07, 6.45) is -4.46. The third kappa shape index (κ3) is 3.09. The molecule has 0 aromatic heterocycles. The van der Waals surface area contributed by atoms with Crippen LogP contribution in [0.25, 0.3) is 0 Å². The maximum atomic E-state index is 12.4. The Morgan fingerprint density at radius 1 is 1.38 bits per heavy atom. The second kappa shape index (κ2) is 5.27. The van der Waals surface area contributed by atoms with Gasteiger partial charge >= 0.3 is 18.2 Å². The molecule has 114 valence electrons. The lowest BCUT2D eigenvalue weighted by Gasteiger charge is -2.28. The van der Waals surface area contributed by atoms with Crippen molar-refractivity contribution < 1.29 is 27.9 Å². The zero-order valence-corrected chi connectivity index (χ0v) is 11.1. The first-order valence-electron chi connectivity index (χ1n) is 6.12. The van der Waals surface area contributed by atoms with Crippen LogP contribution in [-0.4, -0.2) is 47.8 Å². The Bertz CT molecular complexity index is 574. The van der Waals surface area contributed by atoms with Crippen molar-refractivity contribution in [2.75, 3.05) is 18.5 Å². The summed E-state index contributed by atoms with van der Waals surface area (Å²) in [6, 6.07) is 4.30. The van der Waals surface area contributed by atoms with Crippen molar-refractivity contribution in [2.45, 2.75) is 18.6 Å². The van der Waals surface area contributed by atoms with Gasteiger partial charge in [0.2, 0.25) is 0 Å². The molecule has 2 rings (SSSR count). The van der Waals surface area contributed by atoms with Gasteiger partial charge in [-0.1, -0.05) is 18.2 Å². The smallest absolute Gasteiger partial charge is 0.406 e. The Morgan fingerprint density at radius 3 is 2.57 bits per heavy atom. The van der Waals surface area contributed by atoms with Crippen molar-refractivity contribution in [1.29, 1.82) is 0 Å². The fourth-order valence-corrected chi connectivity index (χ4v) is 2.34. The molecule has 0 aliphatic carbocycles. The highest BCUT2D eigenvalue weighted by molar-refractivity contribution is 6.00. The number of nitrogens with zero attached hydrogens (tertiary/aromatic N) is 2. The molecule has 8 heteroatoms. The van der Waals surface area contributed by atoms with Crippen molar-refractivity contribution in [2.24, 2.45) is 0 Å². The van der Waals surface area contributed by atoms with Gasteiger partial charge in [0.05, 0.1) is 0 Å². The quantitative estimate of drug-likeness (QED) is 0.910. The van der Waals surface area contributed by atoms with Crippen LogP contribution in [0.3, 0.4) is 0 Å². The largest absolute Gasteiger partial charge is 0.480 e. The van der Waals surface area contributed by atoms with E-state index in [9.17, 15) is 27.9 Å². The van der Waals surface area contributed by atoms with E-state index in [1.165, 1.54) is 6.07 Å². The van der Waals surface area contributed by atoms with Crippen molar-refractivity contribution in [1.82, 2.24) is 4.90 Å². The van der Waals surface area contributed by atoms with E-state index >= 15 is 0 Å². The summed E-state index contributed by atoms with van der Waals surface area (Å²) in [5.41, 5.74) is 0.961. The molecule has 1 aliphatic rings. The van der Waals surface area contributed by atoms with Crippen LogP contribution in [0.5, 0.6) is 0 Å². The molecule has 1 aromatic rings. The first-order valence-corrected chi connectivity index (χ1v) is 6.12. The number of hydrogen-bond acceptors (Lipinski definition) is 2. The van der Waals surface area contributed by atoms with Gasteiger partial charge in [0.1, 0.15) is 12.6 Å². The molecule has 0 saturated heterocycles. The minimum atomic E-state index is -4.54. The molecule has 2 amide bonds. The molecule has 0 spiro atoms. The maximum Gasteiger partial charge on any atom is 0.406 e. The lowest BCUT2D eigenvalue weighted by atomic mass is 10.1. The van der Waals surface area contributed by atoms with E-state index in [1.807, 2.05) is 0 Å². The number of carbonyl (C=O) groups excluding carboxylic acids is 1. The van der Waals surface area contributed by atoms with Crippen LogP contribution >= 0.6 is 0 Å². The summed E-state index contributed by atoms with van der Waals surface area (Å²) in [7, 11) is 0.996. The highest BCUT2D eigenvalue weighted by Gasteiger charge is 2.41. The number of benzene rings is 1. The van der Waals surface area contributed by atoms with Crippen molar-refractivity contribution in [3.63, 3.8) is 0 Å². The standard InChI is InChI=1S/C13H13F3N2O3/c1-17(7-13(14,15)16)12(21)18-9-5-3-2-4-8(9)6-10(18)11(19)20/h2-5,10H,6-7H2,1H3,(H,19,20)/t10-/m0/s1. The molecule has 1 aliphatic heterocycles. The molecular weight excluding hydrogens is 289 g/mol. The second-order valence-corrected chi connectivity index (χ2v) is 4.81. The molecule has 0 radical (unpaired) electrons. The van der Waals surface area contributed by atoms with Crippen LogP contribution in [0.2, 0.25) is 0 Å². The van der Waals surface area contributed by atoms with Gasteiger partial charge in [-0.15, -0.1) is 0 Å². The van der Waals surface area contributed by atoms with E-state index in [0.29, 0.717) is 16.2 Å². The summed E-state index contributed by atoms with van der Waals surface area (Å²) in [5, 5.41) is 9.18. The Morgan fingerprint density at radius 2 is 2.00 bits per heavy atom. The van der Waals surface area contributed by atoms with E-state index in [2.05, 4.69) is 0 Å². The zero-order chi connectivity index (χ0) is 15.8. The molecule has 21 heavy (non-hydrogen) atoms. The molecule has 1 atom stereocenters. The summed E-state index contributed by atoms with van der Waals surface area (Å²) in [6.45, 7) is -1.43. The maximum absolute atomic E-state index is 12.4. The van der Waals surface area contributed by atoms with Gasteiger partial charge in [-0.3, -0.25) is 4.90 Å². The number of halogens is 3. The molecule has 0 saturated carbocycles. The average molecular weight is 302 g/mol. The second-order valence-electron chi connectivity index (χ2n) is 4.81. The first-order chi connectivity index (χ1) is 9.70. The zero-order valence-electron chi connectivity index (χ0n) is 11.1. The fourth-order valence-electron chi connectivity index (χ4n) is 2.34. The monoisotopic (exact) mass is 302 g/mol. The van der Waals surface area contributed by atoms with Crippen molar-refractivity contribution >= 4 is 17.7 Å². The summed E-state index contributed by atoms with van der Waals surface area (Å²) < 4.78 is 37.1. The van der Waals surface area contributed by atoms with E-state index in [4.69, 9.17) is 0 Å². The molecule has 0 fully saturated rings. The minimum Gasteiger partial charge on any atom is -0.480 e. The highest BCUT2D eigenvalue weighted by atomic mass is 19.4. The van der Waals surface area contributed by atoms with Crippen molar-refractivity contribution in [3.8, 4) is 0 Å². The van der Waals surface area contributed by atoms with Gasteiger partial charge in [-0.2, -0.15) is 13.2 Å². The molecule has 1 heterocycles. The highest BCUT2D eigenvalue weighted by Crippen LogP contribution is 2.33. The summed E-state index contributed by atoms with van der Waals surface area (Å²) in [5.74, 6) is -1.25. The van der Waals surface area contributed by atoms with Crippen LogP contribution in [0.1, 0.15) is 5.56 Å². The molecule has 5 nitrogen and oxygen atoms in total. The Balaban J connectivity index is 2.30. The van der Waals surface area contributed by atoms with Gasteiger partial charge < -0.3 is 10.0 Å². The number of anilines is 1. The Labute approximate surface area is 118 Å². The van der Waals surface area contributed by atoms with Gasteiger partial charge in [0, 0.05) is 19.2 Å². The number of carboxylic acid groups (broad SMARTS) is 1. The minimum absolute atomic E-state index is 0.0805. The van der Waals surface area contributed by atoms with Crippen LogP contribution in [0.4, 0.5) is 23.7 Å². The van der Waals surface area contributed by atoms with Gasteiger partial charge in [-0.05, 0) is 11.6 Å².